The van der Waals surface area contributed by atoms with E-state index >= 15 is 0 Å². The van der Waals surface area contributed by atoms with E-state index in [-0.39, 0.29) is 0 Å². The van der Waals surface area contributed by atoms with Gasteiger partial charge in [-0.2, -0.15) is 0 Å². The first-order valence-corrected chi connectivity index (χ1v) is 7.99. The molecule has 0 amide bonds. The molecular weight excluding hydrogens is 272 g/mol. The third-order valence-corrected chi connectivity index (χ3v) is 3.93. The Hall–Kier alpha value is -0.930. The molecule has 2 rings (SSSR count). The zero-order valence-corrected chi connectivity index (χ0v) is 13.2. The van der Waals surface area contributed by atoms with E-state index in [2.05, 4.69) is 17.6 Å². The quantitative estimate of drug-likeness (QED) is 0.830. The summed E-state index contributed by atoms with van der Waals surface area (Å²) in [5, 5.41) is 7.86. The Morgan fingerprint density at radius 3 is 3.00 bits per heavy atom. The Kier molecular flexibility index (Phi) is 5.99. The third-order valence-electron chi connectivity index (χ3n) is 3.69. The normalized spacial score (nSPS) is 20.4. The highest BCUT2D eigenvalue weighted by molar-refractivity contribution is 6.30. The maximum absolute atomic E-state index is 6.08. The predicted octanol–water partition coefficient (Wildman–Crippen LogP) is 4.07. The van der Waals surface area contributed by atoms with Gasteiger partial charge >= 0.3 is 0 Å². The van der Waals surface area contributed by atoms with Crippen molar-refractivity contribution in [1.82, 2.24) is 5.32 Å². The molecule has 20 heavy (non-hydrogen) atoms. The van der Waals surface area contributed by atoms with Crippen LogP contribution in [-0.2, 0) is 0 Å². The summed E-state index contributed by atoms with van der Waals surface area (Å²) < 4.78 is 5.65. The number of hydrogen-bond acceptors (Lipinski definition) is 3. The van der Waals surface area contributed by atoms with Crippen LogP contribution in [0.5, 0.6) is 5.75 Å². The lowest BCUT2D eigenvalue weighted by atomic mass is 9.98. The summed E-state index contributed by atoms with van der Waals surface area (Å²) in [6.07, 6.45) is 5.05. The molecule has 0 saturated carbocycles. The minimum Gasteiger partial charge on any atom is -0.492 e. The van der Waals surface area contributed by atoms with E-state index in [1.54, 1.807) is 0 Å². The average Bonchev–Trinajstić information content (AvgIpc) is 2.43. The molecule has 0 spiro atoms. The smallest absolute Gasteiger partial charge is 0.142 e. The molecule has 1 fully saturated rings. The van der Waals surface area contributed by atoms with Crippen molar-refractivity contribution >= 4 is 17.3 Å². The first-order chi connectivity index (χ1) is 9.69. The Balaban J connectivity index is 1.95. The van der Waals surface area contributed by atoms with Crippen LogP contribution in [-0.4, -0.2) is 25.2 Å². The van der Waals surface area contributed by atoms with E-state index in [0.717, 1.165) is 29.4 Å². The standard InChI is InChI=1S/C16H25ClN2O/c1-3-20-16-8-7-13(17)11-15(16)19-12(2)10-14-6-4-5-9-18-14/h7-8,11-12,14,18-19H,3-6,9-10H2,1-2H3. The molecule has 0 radical (unpaired) electrons. The van der Waals surface area contributed by atoms with Crippen LogP contribution >= 0.6 is 11.6 Å². The summed E-state index contributed by atoms with van der Waals surface area (Å²) in [5.74, 6) is 0.875. The summed E-state index contributed by atoms with van der Waals surface area (Å²) in [6, 6.07) is 6.76. The maximum Gasteiger partial charge on any atom is 0.142 e. The number of nitrogens with one attached hydrogen (secondary N) is 2. The summed E-state index contributed by atoms with van der Waals surface area (Å²) >= 11 is 6.08. The second-order valence-electron chi connectivity index (χ2n) is 5.50. The molecule has 4 heteroatoms. The second-order valence-corrected chi connectivity index (χ2v) is 5.94. The minimum atomic E-state index is 0.392. The molecule has 2 N–H and O–H groups in total. The molecule has 0 bridgehead atoms. The third kappa shape index (κ3) is 4.57. The van der Waals surface area contributed by atoms with Crippen molar-refractivity contribution in [2.45, 2.75) is 51.6 Å². The number of anilines is 1. The number of ether oxygens (including phenoxy) is 1. The van der Waals surface area contributed by atoms with Gasteiger partial charge in [0.05, 0.1) is 12.3 Å². The summed E-state index contributed by atoms with van der Waals surface area (Å²) in [4.78, 5) is 0. The highest BCUT2D eigenvalue weighted by Crippen LogP contribution is 2.29. The number of benzene rings is 1. The second kappa shape index (κ2) is 7.75. The lowest BCUT2D eigenvalue weighted by molar-refractivity contribution is 0.340. The van der Waals surface area contributed by atoms with Crippen LogP contribution in [0.25, 0.3) is 0 Å². The van der Waals surface area contributed by atoms with Gasteiger partial charge in [0.2, 0.25) is 0 Å². The van der Waals surface area contributed by atoms with Gasteiger partial charge in [0.15, 0.2) is 0 Å². The highest BCUT2D eigenvalue weighted by atomic mass is 35.5. The largest absolute Gasteiger partial charge is 0.492 e. The fourth-order valence-electron chi connectivity index (χ4n) is 2.77. The molecular formula is C16H25ClN2O. The van der Waals surface area contributed by atoms with Gasteiger partial charge in [-0.3, -0.25) is 0 Å². The van der Waals surface area contributed by atoms with E-state index in [4.69, 9.17) is 16.3 Å². The molecule has 112 valence electrons. The Bertz CT molecular complexity index is 419. The van der Waals surface area contributed by atoms with Gasteiger partial charge in [-0.15, -0.1) is 0 Å². The number of halogens is 1. The fraction of sp³-hybridized carbons (Fsp3) is 0.625. The van der Waals surface area contributed by atoms with Crippen molar-refractivity contribution in [2.75, 3.05) is 18.5 Å². The Morgan fingerprint density at radius 1 is 1.45 bits per heavy atom. The van der Waals surface area contributed by atoms with Gasteiger partial charge in [-0.1, -0.05) is 18.0 Å². The van der Waals surface area contributed by atoms with Crippen molar-refractivity contribution in [3.63, 3.8) is 0 Å². The average molecular weight is 297 g/mol. The Labute approximate surface area is 127 Å². The van der Waals surface area contributed by atoms with Crippen molar-refractivity contribution in [1.29, 1.82) is 0 Å². The van der Waals surface area contributed by atoms with Crippen LogP contribution in [0.1, 0.15) is 39.5 Å². The van der Waals surface area contributed by atoms with Gasteiger partial charge < -0.3 is 15.4 Å². The lowest BCUT2D eigenvalue weighted by Gasteiger charge is -2.27. The van der Waals surface area contributed by atoms with Gasteiger partial charge in [0, 0.05) is 17.1 Å². The molecule has 1 aromatic carbocycles. The monoisotopic (exact) mass is 296 g/mol. The molecule has 1 aliphatic rings. The van der Waals surface area contributed by atoms with Crippen LogP contribution in [0.3, 0.4) is 0 Å². The SMILES string of the molecule is CCOc1ccc(Cl)cc1NC(C)CC1CCCCN1. The van der Waals surface area contributed by atoms with E-state index < -0.39 is 0 Å². The molecule has 1 aliphatic heterocycles. The zero-order valence-electron chi connectivity index (χ0n) is 12.4. The van der Waals surface area contributed by atoms with Crippen molar-refractivity contribution in [2.24, 2.45) is 0 Å². The zero-order chi connectivity index (χ0) is 14.4. The predicted molar refractivity (Wildman–Crippen MR) is 86.0 cm³/mol. The topological polar surface area (TPSA) is 33.3 Å². The first kappa shape index (κ1) is 15.5. The summed E-state index contributed by atoms with van der Waals surface area (Å²) in [5.41, 5.74) is 0.989. The number of piperidine rings is 1. The lowest BCUT2D eigenvalue weighted by Crippen LogP contribution is -2.37. The van der Waals surface area contributed by atoms with Gasteiger partial charge in [0.25, 0.3) is 0 Å². The van der Waals surface area contributed by atoms with Gasteiger partial charge in [-0.25, -0.2) is 0 Å². The van der Waals surface area contributed by atoms with Crippen molar-refractivity contribution in [3.05, 3.63) is 23.2 Å². The van der Waals surface area contributed by atoms with Crippen LogP contribution < -0.4 is 15.4 Å². The maximum atomic E-state index is 6.08. The number of rotatable bonds is 6. The highest BCUT2D eigenvalue weighted by Gasteiger charge is 2.16. The first-order valence-electron chi connectivity index (χ1n) is 7.61. The number of hydrogen-bond donors (Lipinski definition) is 2. The molecule has 2 unspecified atom stereocenters. The fourth-order valence-corrected chi connectivity index (χ4v) is 2.94. The molecule has 1 heterocycles. The van der Waals surface area contributed by atoms with E-state index in [1.807, 2.05) is 25.1 Å². The summed E-state index contributed by atoms with van der Waals surface area (Å²) in [6.45, 7) is 6.02. The van der Waals surface area contributed by atoms with Gasteiger partial charge in [0.1, 0.15) is 5.75 Å². The van der Waals surface area contributed by atoms with E-state index in [9.17, 15) is 0 Å². The molecule has 1 saturated heterocycles. The Morgan fingerprint density at radius 2 is 2.30 bits per heavy atom. The van der Waals surface area contributed by atoms with Crippen LogP contribution in [0.15, 0.2) is 18.2 Å². The van der Waals surface area contributed by atoms with Crippen molar-refractivity contribution < 1.29 is 4.74 Å². The van der Waals surface area contributed by atoms with Crippen LogP contribution in [0, 0.1) is 0 Å². The van der Waals surface area contributed by atoms with Crippen LogP contribution in [0.2, 0.25) is 5.02 Å². The molecule has 3 nitrogen and oxygen atoms in total. The van der Waals surface area contributed by atoms with E-state index in [0.29, 0.717) is 18.7 Å². The molecule has 0 aromatic heterocycles. The molecule has 2 atom stereocenters. The summed E-state index contributed by atoms with van der Waals surface area (Å²) in [7, 11) is 0. The van der Waals surface area contributed by atoms with Crippen LogP contribution in [0.4, 0.5) is 5.69 Å². The van der Waals surface area contributed by atoms with E-state index in [1.165, 1.54) is 19.3 Å². The molecule has 0 aliphatic carbocycles. The molecule has 1 aromatic rings. The van der Waals surface area contributed by atoms with Gasteiger partial charge in [-0.05, 0) is 57.9 Å². The minimum absolute atomic E-state index is 0.392. The van der Waals surface area contributed by atoms with Crippen molar-refractivity contribution in [3.8, 4) is 5.75 Å².